The maximum Gasteiger partial charge on any atom is 0.315 e. The molecule has 1 heterocycles. The van der Waals surface area contributed by atoms with E-state index in [9.17, 15) is 4.79 Å². The minimum atomic E-state index is -0.0793. The molecule has 3 N–H and O–H groups in total. The molecule has 0 bridgehead atoms. The average Bonchev–Trinajstić information content (AvgIpc) is 2.98. The first-order valence-electron chi connectivity index (χ1n) is 7.50. The molecule has 7 heteroatoms. The topological polar surface area (TPSA) is 68.3 Å². The summed E-state index contributed by atoms with van der Waals surface area (Å²) in [7, 11) is 0. The van der Waals surface area contributed by atoms with Gasteiger partial charge >= 0.3 is 5.16 Å². The number of carbonyl (C=O) groups excluding carboxylic acids is 1. The number of ether oxygens (including phenoxy) is 1. The number of hydrogen-bond acceptors (Lipinski definition) is 3. The van der Waals surface area contributed by atoms with Gasteiger partial charge in [-0.1, -0.05) is 11.6 Å². The van der Waals surface area contributed by atoms with Gasteiger partial charge in [0.2, 0.25) is 5.91 Å². The number of nitrogens with one attached hydrogen (secondary N) is 3. The van der Waals surface area contributed by atoms with E-state index in [1.54, 1.807) is 24.3 Å². The summed E-state index contributed by atoms with van der Waals surface area (Å²) >= 11 is 7.23. The Labute approximate surface area is 148 Å². The van der Waals surface area contributed by atoms with Crippen molar-refractivity contribution < 1.29 is 14.5 Å². The normalized spacial score (nSPS) is 10.8. The van der Waals surface area contributed by atoms with E-state index in [0.717, 1.165) is 27.6 Å². The molecular weight excluding hydrogens is 346 g/mol. The number of benzene rings is 2. The van der Waals surface area contributed by atoms with Crippen LogP contribution in [0.5, 0.6) is 5.75 Å². The first-order chi connectivity index (χ1) is 11.6. The standard InChI is InChI=1S/C17H16ClN3O2S/c1-2-23-13-7-8-14-15(9-13)21-17(20-14)24-10-16(22)19-12-5-3-11(18)4-6-12/h3-9H,2,10H2,1H3,(H,19,22)(H,20,21)/p+1. The minimum absolute atomic E-state index is 0.0793. The summed E-state index contributed by atoms with van der Waals surface area (Å²) in [5, 5.41) is 4.30. The van der Waals surface area contributed by atoms with E-state index in [-0.39, 0.29) is 5.91 Å². The van der Waals surface area contributed by atoms with Crippen LogP contribution in [0.1, 0.15) is 6.92 Å². The minimum Gasteiger partial charge on any atom is -0.494 e. The van der Waals surface area contributed by atoms with E-state index < -0.39 is 0 Å². The number of carbonyl (C=O) groups is 1. The molecule has 0 saturated heterocycles. The van der Waals surface area contributed by atoms with Gasteiger partial charge in [0.15, 0.2) is 11.0 Å². The van der Waals surface area contributed by atoms with E-state index in [0.29, 0.717) is 17.4 Å². The average molecular weight is 363 g/mol. The molecule has 0 atom stereocenters. The quantitative estimate of drug-likeness (QED) is 0.656. The van der Waals surface area contributed by atoms with Crippen LogP contribution in [-0.2, 0) is 4.79 Å². The maximum absolute atomic E-state index is 12.0. The number of hydrogen-bond donors (Lipinski definition) is 2. The van der Waals surface area contributed by atoms with Crippen LogP contribution >= 0.6 is 23.4 Å². The highest BCUT2D eigenvalue weighted by Crippen LogP contribution is 2.21. The Morgan fingerprint density at radius 3 is 2.83 bits per heavy atom. The van der Waals surface area contributed by atoms with Crippen molar-refractivity contribution in [3.8, 4) is 5.75 Å². The molecule has 124 valence electrons. The molecule has 0 spiro atoms. The number of halogens is 1. The molecule has 5 nitrogen and oxygen atoms in total. The SMILES string of the molecule is CCOc1ccc2[nH+]c(SCC(=O)Nc3ccc(Cl)cc3)[nH]c2c1. The van der Waals surface area contributed by atoms with Gasteiger partial charge in [-0.3, -0.25) is 4.79 Å². The van der Waals surface area contributed by atoms with Crippen LogP contribution in [0.2, 0.25) is 5.02 Å². The van der Waals surface area contributed by atoms with Crippen molar-refractivity contribution in [2.45, 2.75) is 12.1 Å². The van der Waals surface area contributed by atoms with Gasteiger partial charge in [-0.2, -0.15) is 0 Å². The van der Waals surface area contributed by atoms with Crippen molar-refractivity contribution in [2.75, 3.05) is 17.7 Å². The number of H-pyrrole nitrogens is 2. The van der Waals surface area contributed by atoms with Gasteiger partial charge in [-0.25, -0.2) is 9.97 Å². The molecule has 1 aromatic heterocycles. The van der Waals surface area contributed by atoms with Crippen LogP contribution in [0.4, 0.5) is 5.69 Å². The Balaban J connectivity index is 1.60. The third-order valence-electron chi connectivity index (χ3n) is 3.27. The Morgan fingerprint density at radius 1 is 1.29 bits per heavy atom. The van der Waals surface area contributed by atoms with Crippen LogP contribution < -0.4 is 15.0 Å². The van der Waals surface area contributed by atoms with Gasteiger partial charge in [0, 0.05) is 16.8 Å². The molecule has 0 aliphatic carbocycles. The second-order valence-electron chi connectivity index (χ2n) is 5.06. The molecular formula is C17H17ClN3O2S+. The number of fused-ring (bicyclic) bond motifs is 1. The zero-order chi connectivity index (χ0) is 16.9. The van der Waals surface area contributed by atoms with Gasteiger partial charge in [0.05, 0.1) is 12.4 Å². The summed E-state index contributed by atoms with van der Waals surface area (Å²) in [4.78, 5) is 18.5. The van der Waals surface area contributed by atoms with E-state index in [1.165, 1.54) is 11.8 Å². The molecule has 3 aromatic rings. The number of anilines is 1. The van der Waals surface area contributed by atoms with Crippen LogP contribution in [0, 0.1) is 0 Å². The Morgan fingerprint density at radius 2 is 2.08 bits per heavy atom. The van der Waals surface area contributed by atoms with Crippen LogP contribution in [0.25, 0.3) is 11.0 Å². The highest BCUT2D eigenvalue weighted by atomic mass is 35.5. The number of aromatic amines is 2. The predicted octanol–water partition coefficient (Wildman–Crippen LogP) is 3.76. The van der Waals surface area contributed by atoms with E-state index in [4.69, 9.17) is 16.3 Å². The van der Waals surface area contributed by atoms with Crippen molar-refractivity contribution in [3.05, 3.63) is 47.5 Å². The highest BCUT2D eigenvalue weighted by Gasteiger charge is 2.13. The third-order valence-corrected chi connectivity index (χ3v) is 4.43. The van der Waals surface area contributed by atoms with Gasteiger partial charge in [0.25, 0.3) is 0 Å². The third kappa shape index (κ3) is 4.21. The summed E-state index contributed by atoms with van der Waals surface area (Å²) in [5.41, 5.74) is 2.65. The second-order valence-corrected chi connectivity index (χ2v) is 6.49. The lowest BCUT2D eigenvalue weighted by Crippen LogP contribution is -2.15. The van der Waals surface area contributed by atoms with Crippen LogP contribution in [-0.4, -0.2) is 23.3 Å². The molecule has 1 amide bonds. The summed E-state index contributed by atoms with van der Waals surface area (Å²) in [6.45, 7) is 2.58. The molecule has 24 heavy (non-hydrogen) atoms. The van der Waals surface area contributed by atoms with Gasteiger partial charge in [-0.05, 0) is 55.1 Å². The molecule has 0 saturated carbocycles. The van der Waals surface area contributed by atoms with Crippen LogP contribution in [0.3, 0.4) is 0 Å². The molecule has 0 radical (unpaired) electrons. The molecule has 0 unspecified atom stereocenters. The Bertz CT molecular complexity index is 849. The molecule has 0 aliphatic heterocycles. The molecule has 0 aliphatic rings. The van der Waals surface area contributed by atoms with Crippen molar-refractivity contribution in [1.82, 2.24) is 4.98 Å². The lowest BCUT2D eigenvalue weighted by molar-refractivity contribution is -0.396. The summed E-state index contributed by atoms with van der Waals surface area (Å²) in [5.74, 6) is 1.03. The zero-order valence-electron chi connectivity index (χ0n) is 13.1. The summed E-state index contributed by atoms with van der Waals surface area (Å²) in [6, 6.07) is 12.8. The Hall–Kier alpha value is -2.18. The molecule has 3 rings (SSSR count). The Kier molecular flexibility index (Phi) is 5.27. The van der Waals surface area contributed by atoms with E-state index in [2.05, 4.69) is 15.3 Å². The first-order valence-corrected chi connectivity index (χ1v) is 8.86. The van der Waals surface area contributed by atoms with Crippen molar-refractivity contribution >= 4 is 46.0 Å². The van der Waals surface area contributed by atoms with Crippen LogP contribution in [0.15, 0.2) is 47.6 Å². The maximum atomic E-state index is 12.0. The molecule has 0 fully saturated rings. The largest absolute Gasteiger partial charge is 0.494 e. The number of thioether (sulfide) groups is 1. The van der Waals surface area contributed by atoms with E-state index >= 15 is 0 Å². The fraction of sp³-hybridized carbons (Fsp3) is 0.176. The van der Waals surface area contributed by atoms with Gasteiger partial charge < -0.3 is 10.1 Å². The summed E-state index contributed by atoms with van der Waals surface area (Å²) < 4.78 is 5.48. The molecule has 2 aromatic carbocycles. The van der Waals surface area contributed by atoms with Gasteiger partial charge in [-0.15, -0.1) is 0 Å². The summed E-state index contributed by atoms with van der Waals surface area (Å²) in [6.07, 6.45) is 0. The van der Waals surface area contributed by atoms with E-state index in [1.807, 2.05) is 25.1 Å². The lowest BCUT2D eigenvalue weighted by Gasteiger charge is -2.03. The highest BCUT2D eigenvalue weighted by molar-refractivity contribution is 7.99. The van der Waals surface area contributed by atoms with Crippen molar-refractivity contribution in [1.29, 1.82) is 0 Å². The number of imidazole rings is 1. The number of aromatic nitrogens is 2. The monoisotopic (exact) mass is 362 g/mol. The van der Waals surface area contributed by atoms with Crippen molar-refractivity contribution in [2.24, 2.45) is 0 Å². The predicted molar refractivity (Wildman–Crippen MR) is 96.8 cm³/mol. The van der Waals surface area contributed by atoms with Gasteiger partial charge in [0.1, 0.15) is 5.75 Å². The zero-order valence-corrected chi connectivity index (χ0v) is 14.6. The fourth-order valence-corrected chi connectivity index (χ4v) is 3.05. The number of amides is 1. The second kappa shape index (κ2) is 7.59. The first kappa shape index (κ1) is 16.7. The number of rotatable bonds is 6. The fourth-order valence-electron chi connectivity index (χ4n) is 2.21. The van der Waals surface area contributed by atoms with Crippen molar-refractivity contribution in [3.63, 3.8) is 0 Å². The lowest BCUT2D eigenvalue weighted by atomic mass is 10.3. The smallest absolute Gasteiger partial charge is 0.315 e.